The third-order valence-electron chi connectivity index (χ3n) is 2.34. The van der Waals surface area contributed by atoms with E-state index in [1.54, 1.807) is 0 Å². The van der Waals surface area contributed by atoms with Crippen molar-refractivity contribution in [3.8, 4) is 0 Å². The van der Waals surface area contributed by atoms with Gasteiger partial charge in [-0.15, -0.1) is 0 Å². The normalized spacial score (nSPS) is 16.9. The van der Waals surface area contributed by atoms with Crippen molar-refractivity contribution in [1.29, 1.82) is 0 Å². The molecule has 76 valence electrons. The third-order valence-corrected chi connectivity index (χ3v) is 2.69. The minimum Gasteiger partial charge on any atom is -0.315 e. The molecule has 0 aliphatic carbocycles. The van der Waals surface area contributed by atoms with E-state index < -0.39 is 22.5 Å². The molecule has 0 atom stereocenters. The molecule has 1 aromatic carbocycles. The van der Waals surface area contributed by atoms with Gasteiger partial charge in [0, 0.05) is 30.6 Å². The summed E-state index contributed by atoms with van der Waals surface area (Å²) >= 11 is 5.34. The van der Waals surface area contributed by atoms with Crippen molar-refractivity contribution >= 4 is 11.6 Å². The van der Waals surface area contributed by atoms with E-state index in [-0.39, 0.29) is 11.5 Å². The highest BCUT2D eigenvalue weighted by Gasteiger charge is 2.28. The molecule has 1 aliphatic heterocycles. The molecule has 0 aromatic heterocycles. The van der Waals surface area contributed by atoms with Gasteiger partial charge in [-0.3, -0.25) is 0 Å². The first-order chi connectivity index (χ1) is 6.61. The Morgan fingerprint density at radius 1 is 1.21 bits per heavy atom. The maximum atomic E-state index is 13.4. The molecular formula is C9H7ClF3N. The highest BCUT2D eigenvalue weighted by Crippen LogP contribution is 2.31. The van der Waals surface area contributed by atoms with Crippen LogP contribution in [0.1, 0.15) is 11.5 Å². The number of halogens is 4. The maximum Gasteiger partial charge on any atom is 0.151 e. The predicted molar refractivity (Wildman–Crippen MR) is 46.9 cm³/mol. The van der Waals surface area contributed by atoms with Crippen LogP contribution in [0.2, 0.25) is 5.02 Å². The van der Waals surface area contributed by atoms with Gasteiger partial charge in [0.05, 0.1) is 0 Å². The first kappa shape index (κ1) is 9.80. The minimum absolute atomic E-state index is 0.116. The lowest BCUT2D eigenvalue weighted by Gasteiger charge is -2.28. The van der Waals surface area contributed by atoms with Gasteiger partial charge in [-0.05, 0) is 0 Å². The van der Waals surface area contributed by atoms with Gasteiger partial charge in [0.15, 0.2) is 5.82 Å². The van der Waals surface area contributed by atoms with E-state index in [2.05, 4.69) is 5.32 Å². The summed E-state index contributed by atoms with van der Waals surface area (Å²) in [6.07, 6.45) is 0. The first-order valence-corrected chi connectivity index (χ1v) is 4.52. The predicted octanol–water partition coefficient (Wildman–Crippen LogP) is 2.44. The van der Waals surface area contributed by atoms with E-state index in [9.17, 15) is 13.2 Å². The zero-order valence-electron chi connectivity index (χ0n) is 7.08. The summed E-state index contributed by atoms with van der Waals surface area (Å²) in [7, 11) is 0. The highest BCUT2D eigenvalue weighted by molar-refractivity contribution is 6.31. The van der Waals surface area contributed by atoms with Gasteiger partial charge in [0.2, 0.25) is 0 Å². The van der Waals surface area contributed by atoms with Gasteiger partial charge >= 0.3 is 0 Å². The van der Waals surface area contributed by atoms with Crippen LogP contribution in [0.4, 0.5) is 13.2 Å². The molecule has 14 heavy (non-hydrogen) atoms. The summed E-state index contributed by atoms with van der Waals surface area (Å²) in [6, 6.07) is 0.624. The Morgan fingerprint density at radius 2 is 1.86 bits per heavy atom. The van der Waals surface area contributed by atoms with E-state index in [1.807, 2.05) is 0 Å². The molecule has 5 heteroatoms. The average molecular weight is 222 g/mol. The Morgan fingerprint density at radius 3 is 2.36 bits per heavy atom. The van der Waals surface area contributed by atoms with Gasteiger partial charge < -0.3 is 5.32 Å². The fraction of sp³-hybridized carbons (Fsp3) is 0.333. The van der Waals surface area contributed by atoms with Crippen LogP contribution in [0.5, 0.6) is 0 Å². The fourth-order valence-corrected chi connectivity index (χ4v) is 1.60. The van der Waals surface area contributed by atoms with E-state index in [0.717, 1.165) is 0 Å². The molecular weight excluding hydrogens is 215 g/mol. The van der Waals surface area contributed by atoms with Crippen molar-refractivity contribution < 1.29 is 13.2 Å². The summed E-state index contributed by atoms with van der Waals surface area (Å²) in [6.45, 7) is 0.992. The largest absolute Gasteiger partial charge is 0.315 e. The van der Waals surface area contributed by atoms with Crippen molar-refractivity contribution in [2.45, 2.75) is 5.92 Å². The van der Waals surface area contributed by atoms with Crippen LogP contribution >= 0.6 is 11.6 Å². The lowest BCUT2D eigenvalue weighted by molar-refractivity contribution is 0.407. The van der Waals surface area contributed by atoms with Crippen molar-refractivity contribution in [1.82, 2.24) is 5.32 Å². The maximum absolute atomic E-state index is 13.4. The molecule has 1 N–H and O–H groups in total. The zero-order chi connectivity index (χ0) is 10.3. The minimum atomic E-state index is -1.06. The van der Waals surface area contributed by atoms with Gasteiger partial charge in [0.1, 0.15) is 16.7 Å². The molecule has 1 aromatic rings. The highest BCUT2D eigenvalue weighted by atomic mass is 35.5. The topological polar surface area (TPSA) is 12.0 Å². The van der Waals surface area contributed by atoms with Crippen LogP contribution in [-0.4, -0.2) is 13.1 Å². The molecule has 1 aliphatic rings. The molecule has 0 unspecified atom stereocenters. The molecule has 0 amide bonds. The van der Waals surface area contributed by atoms with Gasteiger partial charge in [-0.1, -0.05) is 11.6 Å². The van der Waals surface area contributed by atoms with Crippen molar-refractivity contribution in [3.05, 3.63) is 34.1 Å². The van der Waals surface area contributed by atoms with Crippen LogP contribution in [-0.2, 0) is 0 Å². The molecule has 0 radical (unpaired) electrons. The smallest absolute Gasteiger partial charge is 0.151 e. The molecule has 2 rings (SSSR count). The van der Waals surface area contributed by atoms with Crippen LogP contribution in [0.25, 0.3) is 0 Å². The lowest BCUT2D eigenvalue weighted by Crippen LogP contribution is -2.40. The monoisotopic (exact) mass is 221 g/mol. The Kier molecular flexibility index (Phi) is 2.41. The fourth-order valence-electron chi connectivity index (χ4n) is 1.45. The van der Waals surface area contributed by atoms with Crippen molar-refractivity contribution in [3.63, 3.8) is 0 Å². The number of benzene rings is 1. The van der Waals surface area contributed by atoms with Crippen molar-refractivity contribution in [2.75, 3.05) is 13.1 Å². The Labute approximate surface area is 83.9 Å². The van der Waals surface area contributed by atoms with Gasteiger partial charge in [-0.2, -0.15) is 0 Å². The second kappa shape index (κ2) is 3.44. The Bertz CT molecular complexity index is 377. The molecule has 1 heterocycles. The van der Waals surface area contributed by atoms with Crippen LogP contribution in [0.15, 0.2) is 6.07 Å². The zero-order valence-corrected chi connectivity index (χ0v) is 7.84. The number of rotatable bonds is 1. The SMILES string of the molecule is Fc1cc(F)c(C2CNC2)c(F)c1Cl. The number of hydrogen-bond donors (Lipinski definition) is 1. The summed E-state index contributed by atoms with van der Waals surface area (Å²) in [5.41, 5.74) is -0.116. The Balaban J connectivity index is 2.52. The van der Waals surface area contributed by atoms with E-state index in [0.29, 0.717) is 19.2 Å². The quantitative estimate of drug-likeness (QED) is 0.567. The molecule has 0 saturated carbocycles. The molecule has 0 spiro atoms. The molecule has 1 saturated heterocycles. The summed E-state index contributed by atoms with van der Waals surface area (Å²) in [5.74, 6) is -3.14. The van der Waals surface area contributed by atoms with Gasteiger partial charge in [0.25, 0.3) is 0 Å². The Hall–Kier alpha value is -0.740. The van der Waals surface area contributed by atoms with Crippen LogP contribution < -0.4 is 5.32 Å². The number of hydrogen-bond acceptors (Lipinski definition) is 1. The summed E-state index contributed by atoms with van der Waals surface area (Å²) in [4.78, 5) is 0. The van der Waals surface area contributed by atoms with Gasteiger partial charge in [-0.25, -0.2) is 13.2 Å². The van der Waals surface area contributed by atoms with Crippen LogP contribution in [0, 0.1) is 17.5 Å². The molecule has 0 bridgehead atoms. The van der Waals surface area contributed by atoms with E-state index in [4.69, 9.17) is 11.6 Å². The summed E-state index contributed by atoms with van der Waals surface area (Å²) in [5, 5.41) is 2.25. The van der Waals surface area contributed by atoms with E-state index >= 15 is 0 Å². The van der Waals surface area contributed by atoms with E-state index in [1.165, 1.54) is 0 Å². The molecule has 1 fully saturated rings. The molecule has 1 nitrogen and oxygen atoms in total. The standard InChI is InChI=1S/C9H7ClF3N/c10-8-6(12)1-5(11)7(9(8)13)4-2-14-3-4/h1,4,14H,2-3H2. The average Bonchev–Trinajstić information content (AvgIpc) is 2.05. The second-order valence-corrected chi connectivity index (χ2v) is 3.61. The third kappa shape index (κ3) is 1.38. The first-order valence-electron chi connectivity index (χ1n) is 4.15. The summed E-state index contributed by atoms with van der Waals surface area (Å²) < 4.78 is 39.3. The van der Waals surface area contributed by atoms with Crippen LogP contribution in [0.3, 0.4) is 0 Å². The second-order valence-electron chi connectivity index (χ2n) is 3.24. The van der Waals surface area contributed by atoms with Crippen molar-refractivity contribution in [2.24, 2.45) is 0 Å². The number of nitrogens with one attached hydrogen (secondary N) is 1. The lowest BCUT2D eigenvalue weighted by atomic mass is 9.93.